The average molecular weight is 502 g/mol. The Kier molecular flexibility index (Phi) is 8.42. The van der Waals surface area contributed by atoms with Crippen molar-refractivity contribution in [2.45, 2.75) is 87.3 Å². The molecule has 4 rings (SSSR count). The zero-order valence-electron chi connectivity index (χ0n) is 20.9. The van der Waals surface area contributed by atoms with Gasteiger partial charge < -0.3 is 20.6 Å². The van der Waals surface area contributed by atoms with Crippen LogP contribution in [-0.2, 0) is 14.4 Å². The van der Waals surface area contributed by atoms with Crippen molar-refractivity contribution in [3.63, 3.8) is 0 Å². The molecule has 3 N–H and O–H groups in total. The molecule has 3 heterocycles. The molecule has 1 aromatic carbocycles. The van der Waals surface area contributed by atoms with Crippen LogP contribution in [-0.4, -0.2) is 63.0 Å². The molecular formula is C27H39N3O4S. The number of unbranched alkanes of at least 4 members (excludes halogenated alkanes) is 3. The summed E-state index contributed by atoms with van der Waals surface area (Å²) >= 11 is 1.71. The number of hydrogen-bond donors (Lipinski definition) is 3. The molecule has 8 heteroatoms. The number of hydrogen-bond acceptors (Lipinski definition) is 5. The van der Waals surface area contributed by atoms with Gasteiger partial charge in [0, 0.05) is 30.1 Å². The number of amides is 3. The smallest absolute Gasteiger partial charge is 0.244 e. The molecule has 3 fully saturated rings. The number of thioether (sulfide) groups is 1. The Morgan fingerprint density at radius 2 is 1.91 bits per heavy atom. The lowest BCUT2D eigenvalue weighted by molar-refractivity contribution is -0.139. The predicted octanol–water partition coefficient (Wildman–Crippen LogP) is 3.57. The second-order valence-electron chi connectivity index (χ2n) is 10.3. The first-order valence-electron chi connectivity index (χ1n) is 13.2. The molecule has 7 nitrogen and oxygen atoms in total. The van der Waals surface area contributed by atoms with E-state index in [1.54, 1.807) is 16.7 Å². The highest BCUT2D eigenvalue weighted by molar-refractivity contribution is 8.02. The number of rotatable bonds is 12. The Morgan fingerprint density at radius 3 is 2.63 bits per heavy atom. The fraction of sp³-hybridized carbons (Fsp3) is 0.667. The Bertz CT molecular complexity index is 913. The summed E-state index contributed by atoms with van der Waals surface area (Å²) in [5, 5.41) is 15.3. The molecule has 1 spiro atoms. The third-order valence-corrected chi connectivity index (χ3v) is 9.76. The minimum Gasteiger partial charge on any atom is -0.396 e. The fourth-order valence-electron chi connectivity index (χ4n) is 6.32. The van der Waals surface area contributed by atoms with Gasteiger partial charge in [0.15, 0.2) is 0 Å². The Balaban J connectivity index is 1.57. The monoisotopic (exact) mass is 501 g/mol. The van der Waals surface area contributed by atoms with Crippen molar-refractivity contribution in [2.75, 3.05) is 18.5 Å². The van der Waals surface area contributed by atoms with Crippen LogP contribution >= 0.6 is 11.8 Å². The largest absolute Gasteiger partial charge is 0.396 e. The molecule has 35 heavy (non-hydrogen) atoms. The fourth-order valence-corrected chi connectivity index (χ4v) is 8.54. The first kappa shape index (κ1) is 26.0. The number of carbonyl (C=O) groups excluding carboxylic acids is 3. The Hall–Kier alpha value is -2.06. The number of benzene rings is 1. The topological polar surface area (TPSA) is 98.7 Å². The summed E-state index contributed by atoms with van der Waals surface area (Å²) in [6.07, 6.45) is 6.84. The van der Waals surface area contributed by atoms with E-state index in [-0.39, 0.29) is 35.6 Å². The van der Waals surface area contributed by atoms with E-state index in [9.17, 15) is 14.4 Å². The number of anilines is 1. The molecule has 3 saturated heterocycles. The number of aliphatic hydroxyl groups is 1. The Morgan fingerprint density at radius 1 is 1.17 bits per heavy atom. The van der Waals surface area contributed by atoms with Crippen LogP contribution in [0.5, 0.6) is 0 Å². The predicted molar refractivity (Wildman–Crippen MR) is 139 cm³/mol. The molecule has 3 aliphatic rings. The maximum Gasteiger partial charge on any atom is 0.244 e. The molecule has 3 unspecified atom stereocenters. The average Bonchev–Trinajstić information content (AvgIpc) is 3.47. The van der Waals surface area contributed by atoms with Crippen LogP contribution in [0.4, 0.5) is 5.69 Å². The molecular weight excluding hydrogens is 462 g/mol. The van der Waals surface area contributed by atoms with Crippen molar-refractivity contribution in [1.82, 2.24) is 10.2 Å². The van der Waals surface area contributed by atoms with Crippen molar-refractivity contribution < 1.29 is 19.5 Å². The van der Waals surface area contributed by atoms with Gasteiger partial charge >= 0.3 is 0 Å². The van der Waals surface area contributed by atoms with E-state index in [2.05, 4.69) is 17.6 Å². The number of nitrogens with one attached hydrogen (secondary N) is 2. The molecule has 0 aromatic heterocycles. The lowest BCUT2D eigenvalue weighted by Crippen LogP contribution is -2.55. The van der Waals surface area contributed by atoms with Crippen LogP contribution in [0, 0.1) is 11.8 Å². The normalized spacial score (nSPS) is 29.8. The molecule has 3 amide bonds. The van der Waals surface area contributed by atoms with Crippen molar-refractivity contribution in [2.24, 2.45) is 11.8 Å². The van der Waals surface area contributed by atoms with Gasteiger partial charge in [-0.05, 0) is 51.2 Å². The summed E-state index contributed by atoms with van der Waals surface area (Å²) < 4.78 is -0.540. The van der Waals surface area contributed by atoms with Crippen LogP contribution in [0.25, 0.3) is 0 Å². The summed E-state index contributed by atoms with van der Waals surface area (Å²) in [6.45, 7) is 4.80. The van der Waals surface area contributed by atoms with Gasteiger partial charge in [0.1, 0.15) is 6.04 Å². The second-order valence-corrected chi connectivity index (χ2v) is 11.9. The highest BCUT2D eigenvalue weighted by atomic mass is 32.2. The van der Waals surface area contributed by atoms with E-state index in [0.717, 1.165) is 57.1 Å². The third-order valence-electron chi connectivity index (χ3n) is 7.81. The number of likely N-dealkylation sites (tertiary alicyclic amines) is 1. The second kappa shape index (κ2) is 11.3. The lowest BCUT2D eigenvalue weighted by Gasteiger charge is -2.35. The van der Waals surface area contributed by atoms with Crippen LogP contribution in [0.15, 0.2) is 30.3 Å². The Labute approximate surface area is 212 Å². The van der Waals surface area contributed by atoms with Crippen molar-refractivity contribution in [3.8, 4) is 0 Å². The van der Waals surface area contributed by atoms with Gasteiger partial charge in [-0.2, -0.15) is 0 Å². The SMILES string of the molecule is CCCC(C)NC(=O)C1N(CCCCCCO)C(=O)[C@@H]2[C@H](C(=O)Nc3ccccc3)[C@@H]3CCC12S3. The standard InChI is InChI=1S/C27H39N3O4S/c1-3-11-18(2)28-25(33)23-27-15-14-20(35-27)21(24(32)29-19-12-7-6-8-13-19)22(27)26(34)30(23)16-9-4-5-10-17-31/h6-8,12-13,18,20-23,31H,3-5,9-11,14-17H2,1-2H3,(H,28,33)(H,29,32)/t18?,20-,21+,22-,23?,27?/m0/s1. The molecule has 0 radical (unpaired) electrons. The first-order chi connectivity index (χ1) is 16.9. The van der Waals surface area contributed by atoms with Crippen LogP contribution in [0.3, 0.4) is 0 Å². The van der Waals surface area contributed by atoms with Gasteiger partial charge in [0.05, 0.1) is 16.6 Å². The van der Waals surface area contributed by atoms with E-state index in [0.29, 0.717) is 6.54 Å². The summed E-state index contributed by atoms with van der Waals surface area (Å²) in [5.41, 5.74) is 0.730. The van der Waals surface area contributed by atoms with E-state index in [4.69, 9.17) is 5.11 Å². The first-order valence-corrected chi connectivity index (χ1v) is 14.1. The van der Waals surface area contributed by atoms with E-state index in [1.807, 2.05) is 37.3 Å². The summed E-state index contributed by atoms with van der Waals surface area (Å²) in [5.74, 6) is -1.13. The van der Waals surface area contributed by atoms with Crippen molar-refractivity contribution in [1.29, 1.82) is 0 Å². The van der Waals surface area contributed by atoms with Gasteiger partial charge in [0.25, 0.3) is 0 Å². The maximum atomic E-state index is 13.9. The van der Waals surface area contributed by atoms with Crippen molar-refractivity contribution >= 4 is 35.2 Å². The maximum absolute atomic E-state index is 13.9. The minimum absolute atomic E-state index is 0.0432. The number of carbonyl (C=O) groups is 3. The summed E-state index contributed by atoms with van der Waals surface area (Å²) in [7, 11) is 0. The number of aliphatic hydroxyl groups excluding tert-OH is 1. The lowest BCUT2D eigenvalue weighted by atomic mass is 9.70. The van der Waals surface area contributed by atoms with Crippen LogP contribution in [0.2, 0.25) is 0 Å². The van der Waals surface area contributed by atoms with Crippen molar-refractivity contribution in [3.05, 3.63) is 30.3 Å². The highest BCUT2D eigenvalue weighted by Gasteiger charge is 2.73. The number of nitrogens with zero attached hydrogens (tertiary/aromatic N) is 1. The van der Waals surface area contributed by atoms with E-state index >= 15 is 0 Å². The molecule has 0 saturated carbocycles. The zero-order valence-corrected chi connectivity index (χ0v) is 21.7. The van der Waals surface area contributed by atoms with Gasteiger partial charge in [-0.25, -0.2) is 0 Å². The molecule has 3 aliphatic heterocycles. The van der Waals surface area contributed by atoms with Crippen LogP contribution in [0.1, 0.15) is 65.2 Å². The van der Waals surface area contributed by atoms with Crippen LogP contribution < -0.4 is 10.6 Å². The van der Waals surface area contributed by atoms with Gasteiger partial charge in [0.2, 0.25) is 17.7 Å². The molecule has 2 bridgehead atoms. The zero-order chi connectivity index (χ0) is 25.0. The van der Waals surface area contributed by atoms with Gasteiger partial charge in [-0.1, -0.05) is 44.4 Å². The minimum atomic E-state index is -0.540. The molecule has 1 aromatic rings. The molecule has 6 atom stereocenters. The number of para-hydroxylation sites is 1. The highest BCUT2D eigenvalue weighted by Crippen LogP contribution is 2.66. The summed E-state index contributed by atoms with van der Waals surface area (Å²) in [6, 6.07) is 8.88. The quantitative estimate of drug-likeness (QED) is 0.380. The van der Waals surface area contributed by atoms with E-state index in [1.165, 1.54) is 0 Å². The van der Waals surface area contributed by atoms with Gasteiger partial charge in [-0.15, -0.1) is 11.8 Å². The number of fused-ring (bicyclic) bond motifs is 1. The third kappa shape index (κ3) is 5.10. The van der Waals surface area contributed by atoms with E-state index < -0.39 is 22.6 Å². The summed E-state index contributed by atoms with van der Waals surface area (Å²) in [4.78, 5) is 42.8. The molecule has 0 aliphatic carbocycles. The van der Waals surface area contributed by atoms with Gasteiger partial charge in [-0.3, -0.25) is 14.4 Å². The molecule has 192 valence electrons.